The summed E-state index contributed by atoms with van der Waals surface area (Å²) >= 11 is 0. The number of carbonyl (C=O) groups is 1. The average Bonchev–Trinajstić information content (AvgIpc) is 2.81. The van der Waals surface area contributed by atoms with Gasteiger partial charge in [0.15, 0.2) is 0 Å². The maximum absolute atomic E-state index is 13.2. The van der Waals surface area contributed by atoms with Crippen LogP contribution < -0.4 is 4.90 Å². The molecule has 1 atom stereocenters. The number of allylic oxidation sites excluding steroid dienone is 4. The summed E-state index contributed by atoms with van der Waals surface area (Å²) in [5, 5.41) is 0. The van der Waals surface area contributed by atoms with Crippen molar-refractivity contribution >= 4 is 17.2 Å². The van der Waals surface area contributed by atoms with E-state index < -0.39 is 5.41 Å². The van der Waals surface area contributed by atoms with Crippen molar-refractivity contribution in [1.82, 2.24) is 15.0 Å². The summed E-state index contributed by atoms with van der Waals surface area (Å²) in [5.41, 5.74) is 4.43. The molecule has 26 heavy (non-hydrogen) atoms. The summed E-state index contributed by atoms with van der Waals surface area (Å²) < 4.78 is 0. The van der Waals surface area contributed by atoms with Gasteiger partial charge in [0.05, 0.1) is 11.1 Å². The van der Waals surface area contributed by atoms with Crippen molar-refractivity contribution in [3.8, 4) is 0 Å². The molecular weight excluding hydrogens is 324 g/mol. The number of nitrogens with zero attached hydrogens (tertiary/aromatic N) is 4. The van der Waals surface area contributed by atoms with Crippen molar-refractivity contribution in [3.63, 3.8) is 0 Å². The first-order valence-electron chi connectivity index (χ1n) is 8.86. The molecule has 1 amide bonds. The van der Waals surface area contributed by atoms with E-state index in [4.69, 9.17) is 0 Å². The maximum Gasteiger partial charge on any atom is 0.237 e. The van der Waals surface area contributed by atoms with Gasteiger partial charge in [-0.15, -0.1) is 0 Å². The number of rotatable bonds is 2. The second kappa shape index (κ2) is 5.87. The second-order valence-corrected chi connectivity index (χ2v) is 7.55. The smallest absolute Gasteiger partial charge is 0.237 e. The monoisotopic (exact) mass is 346 g/mol. The average molecular weight is 346 g/mol. The maximum atomic E-state index is 13.2. The molecule has 1 aliphatic carbocycles. The van der Waals surface area contributed by atoms with E-state index in [1.165, 1.54) is 0 Å². The molecule has 1 fully saturated rings. The molecule has 2 aromatic rings. The van der Waals surface area contributed by atoms with Crippen LogP contribution in [0.2, 0.25) is 0 Å². The Labute approximate surface area is 153 Å². The van der Waals surface area contributed by atoms with Crippen LogP contribution in [0.15, 0.2) is 48.6 Å². The molecule has 3 heterocycles. The summed E-state index contributed by atoms with van der Waals surface area (Å²) in [6.45, 7) is 7.89. The van der Waals surface area contributed by atoms with Crippen molar-refractivity contribution < 1.29 is 4.79 Å². The van der Waals surface area contributed by atoms with E-state index in [0.29, 0.717) is 0 Å². The molecule has 0 saturated carbocycles. The molecule has 0 spiro atoms. The van der Waals surface area contributed by atoms with Gasteiger partial charge >= 0.3 is 0 Å². The van der Waals surface area contributed by atoms with Crippen molar-refractivity contribution in [2.24, 2.45) is 11.3 Å². The van der Waals surface area contributed by atoms with Gasteiger partial charge in [-0.3, -0.25) is 14.7 Å². The SMILES string of the molecule is Cc1cc(N2C(=O)C(C)(C)C3CC=C(c4cnc(C)nc4)C=C32)ccn1. The lowest BCUT2D eigenvalue weighted by Crippen LogP contribution is -2.31. The molecule has 0 bridgehead atoms. The highest BCUT2D eigenvalue weighted by atomic mass is 16.2. The Kier molecular flexibility index (Phi) is 3.75. The van der Waals surface area contributed by atoms with Crippen molar-refractivity contribution in [1.29, 1.82) is 0 Å². The number of carbonyl (C=O) groups excluding carboxylic acids is 1. The van der Waals surface area contributed by atoms with E-state index in [9.17, 15) is 4.79 Å². The molecule has 1 saturated heterocycles. The van der Waals surface area contributed by atoms with E-state index >= 15 is 0 Å². The Balaban J connectivity index is 1.81. The first-order valence-corrected chi connectivity index (χ1v) is 8.86. The van der Waals surface area contributed by atoms with Gasteiger partial charge in [-0.25, -0.2) is 9.97 Å². The standard InChI is InChI=1S/C21H22N4O/c1-13-9-17(7-8-22-13)25-19-10-15(16-11-23-14(2)24-12-16)5-6-18(19)21(3,4)20(25)26/h5,7-12,18H,6H2,1-4H3. The first kappa shape index (κ1) is 16.6. The normalized spacial score (nSPS) is 21.3. The summed E-state index contributed by atoms with van der Waals surface area (Å²) in [6, 6.07) is 3.86. The van der Waals surface area contributed by atoms with Crippen molar-refractivity contribution in [2.45, 2.75) is 34.1 Å². The zero-order valence-electron chi connectivity index (χ0n) is 15.5. The Morgan fingerprint density at radius 3 is 2.58 bits per heavy atom. The molecule has 1 unspecified atom stereocenters. The number of fused-ring (bicyclic) bond motifs is 1. The fraction of sp³-hybridized carbons (Fsp3) is 0.333. The van der Waals surface area contributed by atoms with Gasteiger partial charge in [0.1, 0.15) is 5.82 Å². The van der Waals surface area contributed by atoms with E-state index in [0.717, 1.165) is 40.5 Å². The van der Waals surface area contributed by atoms with Crippen LogP contribution in [0.25, 0.3) is 5.57 Å². The molecule has 5 nitrogen and oxygen atoms in total. The first-order chi connectivity index (χ1) is 12.4. The Morgan fingerprint density at radius 1 is 1.15 bits per heavy atom. The minimum atomic E-state index is -0.436. The Hall–Kier alpha value is -2.82. The predicted octanol–water partition coefficient (Wildman–Crippen LogP) is 3.85. The molecule has 2 aromatic heterocycles. The molecule has 132 valence electrons. The number of anilines is 1. The third-order valence-electron chi connectivity index (χ3n) is 5.37. The molecule has 2 aliphatic rings. The molecule has 4 rings (SSSR count). The lowest BCUT2D eigenvalue weighted by Gasteiger charge is -2.26. The van der Waals surface area contributed by atoms with Gasteiger partial charge in [0.2, 0.25) is 5.91 Å². The van der Waals surface area contributed by atoms with Gasteiger partial charge < -0.3 is 0 Å². The van der Waals surface area contributed by atoms with Crippen LogP contribution in [0.4, 0.5) is 5.69 Å². The van der Waals surface area contributed by atoms with Crippen LogP contribution in [0.3, 0.4) is 0 Å². The minimum Gasteiger partial charge on any atom is -0.284 e. The predicted molar refractivity (Wildman–Crippen MR) is 101 cm³/mol. The molecule has 0 N–H and O–H groups in total. The van der Waals surface area contributed by atoms with Crippen LogP contribution in [0.5, 0.6) is 0 Å². The number of hydrogen-bond donors (Lipinski definition) is 0. The third-order valence-corrected chi connectivity index (χ3v) is 5.37. The molecule has 0 aromatic carbocycles. The van der Waals surface area contributed by atoms with Crippen molar-refractivity contribution in [3.05, 3.63) is 65.7 Å². The minimum absolute atomic E-state index is 0.133. The summed E-state index contributed by atoms with van der Waals surface area (Å²) in [6.07, 6.45) is 10.6. The number of amides is 1. The number of hydrogen-bond acceptors (Lipinski definition) is 4. The fourth-order valence-corrected chi connectivity index (χ4v) is 3.80. The quantitative estimate of drug-likeness (QED) is 0.829. The van der Waals surface area contributed by atoms with Gasteiger partial charge in [-0.05, 0) is 44.1 Å². The van der Waals surface area contributed by atoms with Crippen LogP contribution in [0, 0.1) is 25.2 Å². The van der Waals surface area contributed by atoms with Gasteiger partial charge in [0.25, 0.3) is 0 Å². The van der Waals surface area contributed by atoms with Crippen molar-refractivity contribution in [2.75, 3.05) is 4.90 Å². The highest BCUT2D eigenvalue weighted by Crippen LogP contribution is 2.50. The number of aryl methyl sites for hydroxylation is 2. The number of pyridine rings is 1. The molecular formula is C21H22N4O. The Bertz CT molecular complexity index is 941. The summed E-state index contributed by atoms with van der Waals surface area (Å²) in [5.74, 6) is 1.05. The lowest BCUT2D eigenvalue weighted by atomic mass is 9.75. The van der Waals surface area contributed by atoms with Crippen LogP contribution in [-0.2, 0) is 4.79 Å². The highest BCUT2D eigenvalue weighted by molar-refractivity contribution is 6.05. The zero-order chi connectivity index (χ0) is 18.5. The largest absolute Gasteiger partial charge is 0.284 e. The molecule has 5 heteroatoms. The fourth-order valence-electron chi connectivity index (χ4n) is 3.80. The summed E-state index contributed by atoms with van der Waals surface area (Å²) in [4.78, 5) is 27.9. The van der Waals surface area contributed by atoms with E-state index in [1.807, 2.05) is 57.1 Å². The van der Waals surface area contributed by atoms with Crippen LogP contribution in [0.1, 0.15) is 37.4 Å². The third kappa shape index (κ3) is 2.55. The second-order valence-electron chi connectivity index (χ2n) is 7.55. The number of aromatic nitrogens is 3. The zero-order valence-corrected chi connectivity index (χ0v) is 15.5. The summed E-state index contributed by atoms with van der Waals surface area (Å²) in [7, 11) is 0. The molecule has 0 radical (unpaired) electrons. The lowest BCUT2D eigenvalue weighted by molar-refractivity contribution is -0.125. The van der Waals surface area contributed by atoms with Crippen LogP contribution >= 0.6 is 0 Å². The van der Waals surface area contributed by atoms with Gasteiger partial charge in [0, 0.05) is 41.5 Å². The van der Waals surface area contributed by atoms with E-state index in [2.05, 4.69) is 27.1 Å². The van der Waals surface area contributed by atoms with Crippen LogP contribution in [-0.4, -0.2) is 20.9 Å². The topological polar surface area (TPSA) is 59.0 Å². The van der Waals surface area contributed by atoms with Gasteiger partial charge in [-0.2, -0.15) is 0 Å². The van der Waals surface area contributed by atoms with E-state index in [-0.39, 0.29) is 11.8 Å². The van der Waals surface area contributed by atoms with E-state index in [1.54, 1.807) is 6.20 Å². The molecule has 1 aliphatic heterocycles. The Morgan fingerprint density at radius 2 is 1.88 bits per heavy atom. The van der Waals surface area contributed by atoms with Gasteiger partial charge in [-0.1, -0.05) is 19.9 Å². The highest BCUT2D eigenvalue weighted by Gasteiger charge is 2.51.